The number of carboxylic acid groups (broad SMARTS) is 1. The zero-order valence-electron chi connectivity index (χ0n) is 25.1. The van der Waals surface area contributed by atoms with Crippen molar-refractivity contribution in [2.75, 3.05) is 13.2 Å². The third-order valence-corrected chi connectivity index (χ3v) is 12.0. The molecule has 5 rings (SSSR count). The topological polar surface area (TPSA) is 117 Å². The second-order valence-corrected chi connectivity index (χ2v) is 14.8. The molecule has 8 atom stereocenters. The van der Waals surface area contributed by atoms with Gasteiger partial charge in [-0.15, -0.1) is 0 Å². The number of fused-ring (bicyclic) bond motifs is 5. The number of aliphatic hydroxyl groups is 1. The van der Waals surface area contributed by atoms with Gasteiger partial charge in [0.05, 0.1) is 23.3 Å². The molecular weight excluding hydrogens is 508 g/mol. The molecule has 224 valence electrons. The van der Waals surface area contributed by atoms with Crippen LogP contribution in [0.5, 0.6) is 0 Å². The number of carboxylic acids is 1. The number of ether oxygens (including phenoxy) is 1. The van der Waals surface area contributed by atoms with Crippen molar-refractivity contribution in [3.05, 3.63) is 11.6 Å². The molecule has 0 spiro atoms. The highest BCUT2D eigenvalue weighted by atomic mass is 16.6. The average Bonchev–Trinajstić information content (AvgIpc) is 3.11. The standard InChI is InChI=1S/C32H50N2O6/c1-29(2)18-20(11-15-39-29)26(17-28(36)37)33-27(35)19-40-34-22-8-12-30(3)21(16-22)6-7-23-24(30)9-13-31(4)25(23)10-14-32(31,5)38/h16,20,23-26,38H,6-15,17-19H2,1-5H3,(H,33,35)(H,36,37)/b34-22+/t20-,23-,24+,25-,26+,30+,31+,32+/m1/s1. The molecule has 3 N–H and O–H groups in total. The third-order valence-electron chi connectivity index (χ3n) is 12.0. The highest BCUT2D eigenvalue weighted by Gasteiger charge is 2.62. The van der Waals surface area contributed by atoms with Gasteiger partial charge in [-0.05, 0) is 126 Å². The summed E-state index contributed by atoms with van der Waals surface area (Å²) in [4.78, 5) is 29.7. The summed E-state index contributed by atoms with van der Waals surface area (Å²) < 4.78 is 5.77. The summed E-state index contributed by atoms with van der Waals surface area (Å²) in [5.41, 5.74) is 1.66. The summed E-state index contributed by atoms with van der Waals surface area (Å²) in [7, 11) is 0. The first-order valence-electron chi connectivity index (χ1n) is 15.5. The van der Waals surface area contributed by atoms with E-state index in [0.29, 0.717) is 30.8 Å². The highest BCUT2D eigenvalue weighted by molar-refractivity contribution is 5.96. The van der Waals surface area contributed by atoms with Crippen LogP contribution in [0, 0.1) is 34.5 Å². The van der Waals surface area contributed by atoms with E-state index in [-0.39, 0.29) is 41.3 Å². The van der Waals surface area contributed by atoms with Crippen LogP contribution >= 0.6 is 0 Å². The van der Waals surface area contributed by atoms with Crippen LogP contribution in [0.3, 0.4) is 0 Å². The largest absolute Gasteiger partial charge is 0.481 e. The molecule has 5 aliphatic rings. The van der Waals surface area contributed by atoms with Gasteiger partial charge in [-0.25, -0.2) is 0 Å². The lowest BCUT2D eigenvalue weighted by Gasteiger charge is -2.59. The fourth-order valence-electron chi connectivity index (χ4n) is 9.45. The number of hydrogen-bond acceptors (Lipinski definition) is 6. The van der Waals surface area contributed by atoms with Gasteiger partial charge >= 0.3 is 5.97 Å². The normalized spacial score (nSPS) is 42.1. The Kier molecular flexibility index (Phi) is 7.92. The van der Waals surface area contributed by atoms with Gasteiger partial charge in [0.1, 0.15) is 0 Å². The molecule has 1 saturated heterocycles. The Hall–Kier alpha value is -1.93. The van der Waals surface area contributed by atoms with Crippen molar-refractivity contribution in [3.8, 4) is 0 Å². The van der Waals surface area contributed by atoms with Gasteiger partial charge in [-0.2, -0.15) is 0 Å². The predicted molar refractivity (Wildman–Crippen MR) is 153 cm³/mol. The Morgan fingerprint density at radius 1 is 1.07 bits per heavy atom. The average molecular weight is 559 g/mol. The van der Waals surface area contributed by atoms with Crippen molar-refractivity contribution in [1.29, 1.82) is 0 Å². The van der Waals surface area contributed by atoms with Crippen LogP contribution in [0.15, 0.2) is 16.8 Å². The first-order chi connectivity index (χ1) is 18.7. The van der Waals surface area contributed by atoms with Gasteiger partial charge in [-0.3, -0.25) is 9.59 Å². The molecule has 1 amide bonds. The second kappa shape index (κ2) is 10.7. The molecule has 8 heteroatoms. The predicted octanol–water partition coefficient (Wildman–Crippen LogP) is 5.24. The van der Waals surface area contributed by atoms with E-state index in [0.717, 1.165) is 50.7 Å². The van der Waals surface area contributed by atoms with Crippen molar-refractivity contribution >= 4 is 17.6 Å². The number of allylic oxidation sites excluding steroid dienone is 2. The Morgan fingerprint density at radius 2 is 1.82 bits per heavy atom. The molecule has 40 heavy (non-hydrogen) atoms. The first-order valence-corrected chi connectivity index (χ1v) is 15.5. The number of rotatable bonds is 7. The van der Waals surface area contributed by atoms with Gasteiger partial charge in [0.2, 0.25) is 0 Å². The van der Waals surface area contributed by atoms with Crippen molar-refractivity contribution in [1.82, 2.24) is 5.32 Å². The summed E-state index contributed by atoms with van der Waals surface area (Å²) in [5.74, 6) is 0.699. The smallest absolute Gasteiger partial charge is 0.305 e. The van der Waals surface area contributed by atoms with Crippen LogP contribution in [-0.2, 0) is 19.2 Å². The zero-order valence-corrected chi connectivity index (χ0v) is 25.1. The Balaban J connectivity index is 1.19. The van der Waals surface area contributed by atoms with Crippen LogP contribution in [0.4, 0.5) is 0 Å². The maximum Gasteiger partial charge on any atom is 0.305 e. The fourth-order valence-corrected chi connectivity index (χ4v) is 9.45. The zero-order chi connectivity index (χ0) is 28.9. The van der Waals surface area contributed by atoms with Crippen LogP contribution in [0.25, 0.3) is 0 Å². The van der Waals surface area contributed by atoms with Crippen molar-refractivity contribution < 1.29 is 29.4 Å². The fraction of sp³-hybridized carbons (Fsp3) is 0.844. The van der Waals surface area contributed by atoms with E-state index in [2.05, 4.69) is 37.3 Å². The second-order valence-electron chi connectivity index (χ2n) is 14.8. The van der Waals surface area contributed by atoms with Gasteiger partial charge in [0.25, 0.3) is 5.91 Å². The number of oxime groups is 1. The van der Waals surface area contributed by atoms with E-state index < -0.39 is 17.6 Å². The number of nitrogens with one attached hydrogen (secondary N) is 1. The number of amides is 1. The number of carbonyl (C=O) groups is 2. The maximum absolute atomic E-state index is 12.7. The molecule has 0 radical (unpaired) electrons. The summed E-state index contributed by atoms with van der Waals surface area (Å²) in [6, 6.07) is -0.460. The molecule has 1 aliphatic heterocycles. The molecule has 3 saturated carbocycles. The van der Waals surface area contributed by atoms with Gasteiger partial charge in [0.15, 0.2) is 6.61 Å². The minimum atomic E-state index is -0.928. The van der Waals surface area contributed by atoms with Crippen molar-refractivity contribution in [3.63, 3.8) is 0 Å². The lowest BCUT2D eigenvalue weighted by Crippen LogP contribution is -2.53. The summed E-state index contributed by atoms with van der Waals surface area (Å²) in [6.45, 7) is 11.2. The summed E-state index contributed by atoms with van der Waals surface area (Å²) in [6.07, 6.45) is 11.9. The van der Waals surface area contributed by atoms with Crippen LogP contribution in [-0.4, -0.2) is 58.3 Å². The van der Waals surface area contributed by atoms with Crippen LogP contribution < -0.4 is 5.32 Å². The van der Waals surface area contributed by atoms with Gasteiger partial charge in [0, 0.05) is 12.6 Å². The molecule has 0 aromatic rings. The van der Waals surface area contributed by atoms with E-state index in [4.69, 9.17) is 9.57 Å². The van der Waals surface area contributed by atoms with E-state index in [1.165, 1.54) is 18.4 Å². The highest BCUT2D eigenvalue weighted by Crippen LogP contribution is 2.67. The molecule has 4 aliphatic carbocycles. The molecule has 1 heterocycles. The van der Waals surface area contributed by atoms with Crippen LogP contribution in [0.1, 0.15) is 105 Å². The third kappa shape index (κ3) is 5.47. The van der Waals surface area contributed by atoms with Crippen LogP contribution in [0.2, 0.25) is 0 Å². The summed E-state index contributed by atoms with van der Waals surface area (Å²) >= 11 is 0. The summed E-state index contributed by atoms with van der Waals surface area (Å²) in [5, 5.41) is 27.8. The Bertz CT molecular complexity index is 1070. The number of nitrogens with zero attached hydrogens (tertiary/aromatic N) is 1. The minimum absolute atomic E-state index is 0.0336. The minimum Gasteiger partial charge on any atom is -0.481 e. The Morgan fingerprint density at radius 3 is 2.55 bits per heavy atom. The number of aliphatic carboxylic acids is 1. The molecule has 0 aromatic carbocycles. The van der Waals surface area contributed by atoms with Gasteiger partial charge in [-0.1, -0.05) is 24.6 Å². The lowest BCUT2D eigenvalue weighted by molar-refractivity contribution is -0.139. The number of hydrogen-bond donors (Lipinski definition) is 3. The quantitative estimate of drug-likeness (QED) is 0.368. The SMILES string of the molecule is CC1(C)C[C@H]([C@H](CC(=O)O)NC(=O)CO/N=C2/C=C3CC[C@H]4[C@H]5CC[C@](C)(O)[C@@]5(C)CC[C@@H]4[C@@]3(C)CC2)CCO1. The van der Waals surface area contributed by atoms with Crippen molar-refractivity contribution in [2.24, 2.45) is 39.7 Å². The van der Waals surface area contributed by atoms with E-state index in [9.17, 15) is 19.8 Å². The van der Waals surface area contributed by atoms with E-state index in [1.807, 2.05) is 13.8 Å². The molecule has 4 fully saturated rings. The van der Waals surface area contributed by atoms with Gasteiger partial charge < -0.3 is 25.1 Å². The molecule has 0 unspecified atom stereocenters. The molecule has 0 aromatic heterocycles. The number of carbonyl (C=O) groups excluding carboxylic acids is 1. The van der Waals surface area contributed by atoms with E-state index >= 15 is 0 Å². The lowest BCUT2D eigenvalue weighted by atomic mass is 9.46. The monoisotopic (exact) mass is 558 g/mol. The molecule has 0 bridgehead atoms. The van der Waals surface area contributed by atoms with Crippen molar-refractivity contribution in [2.45, 2.75) is 122 Å². The first kappa shape index (κ1) is 29.6. The molecular formula is C32H50N2O6. The Labute approximate surface area is 239 Å². The van der Waals surface area contributed by atoms with E-state index in [1.54, 1.807) is 0 Å². The molecule has 8 nitrogen and oxygen atoms in total. The maximum atomic E-state index is 12.7.